The molecule has 1 nitrogen and oxygen atoms in total. The lowest BCUT2D eigenvalue weighted by Gasteiger charge is -2.07. The van der Waals surface area contributed by atoms with E-state index in [1.54, 1.807) is 6.07 Å². The third-order valence-electron chi connectivity index (χ3n) is 2.30. The van der Waals surface area contributed by atoms with E-state index in [4.69, 9.17) is 27.9 Å². The normalized spacial score (nSPS) is 10.4. The van der Waals surface area contributed by atoms with Crippen LogP contribution in [0.2, 0.25) is 10.0 Å². The van der Waals surface area contributed by atoms with Crippen LogP contribution in [0.4, 0.5) is 8.78 Å². The Morgan fingerprint density at radius 3 is 2.39 bits per heavy atom. The van der Waals surface area contributed by atoms with E-state index >= 15 is 0 Å². The van der Waals surface area contributed by atoms with Gasteiger partial charge in [-0.15, -0.1) is 0 Å². The molecule has 0 amide bonds. The quantitative estimate of drug-likeness (QED) is 0.784. The van der Waals surface area contributed by atoms with Gasteiger partial charge in [-0.1, -0.05) is 29.3 Å². The van der Waals surface area contributed by atoms with Crippen LogP contribution >= 0.6 is 23.2 Å². The zero-order valence-corrected chi connectivity index (χ0v) is 10.6. The van der Waals surface area contributed by atoms with Gasteiger partial charge in [0.15, 0.2) is 0 Å². The van der Waals surface area contributed by atoms with Gasteiger partial charge < -0.3 is 4.74 Å². The first-order valence-electron chi connectivity index (χ1n) is 5.08. The largest absolute Gasteiger partial charge is 0.489 e. The zero-order chi connectivity index (χ0) is 13.1. The van der Waals surface area contributed by atoms with E-state index in [1.807, 2.05) is 0 Å². The fourth-order valence-electron chi connectivity index (χ4n) is 1.37. The van der Waals surface area contributed by atoms with E-state index in [1.165, 1.54) is 24.3 Å². The third-order valence-corrected chi connectivity index (χ3v) is 2.84. The Labute approximate surface area is 113 Å². The molecule has 0 unspecified atom stereocenters. The standard InChI is InChI=1S/C13H8Cl2F2O/c14-9-2-1-8(12(16)5-9)7-18-10-3-4-11(15)13(17)6-10/h1-6H,7H2. The van der Waals surface area contributed by atoms with Crippen LogP contribution in [0, 0.1) is 11.6 Å². The fraction of sp³-hybridized carbons (Fsp3) is 0.0769. The summed E-state index contributed by atoms with van der Waals surface area (Å²) >= 11 is 11.2. The Morgan fingerprint density at radius 2 is 1.72 bits per heavy atom. The van der Waals surface area contributed by atoms with E-state index in [9.17, 15) is 8.78 Å². The lowest BCUT2D eigenvalue weighted by molar-refractivity contribution is 0.298. The number of hydrogen-bond donors (Lipinski definition) is 0. The van der Waals surface area contributed by atoms with Gasteiger partial charge in [0, 0.05) is 16.7 Å². The first-order valence-corrected chi connectivity index (χ1v) is 5.83. The molecule has 0 N–H and O–H groups in total. The van der Waals surface area contributed by atoms with Gasteiger partial charge in [-0.25, -0.2) is 8.78 Å². The third kappa shape index (κ3) is 3.12. The Hall–Kier alpha value is -1.32. The maximum Gasteiger partial charge on any atom is 0.145 e. The molecule has 5 heteroatoms. The van der Waals surface area contributed by atoms with Crippen molar-refractivity contribution in [3.8, 4) is 5.75 Å². The van der Waals surface area contributed by atoms with Crippen LogP contribution in [-0.4, -0.2) is 0 Å². The molecular weight excluding hydrogens is 281 g/mol. The molecule has 0 fully saturated rings. The summed E-state index contributed by atoms with van der Waals surface area (Å²) < 4.78 is 31.8. The van der Waals surface area contributed by atoms with E-state index < -0.39 is 11.6 Å². The molecule has 2 aromatic carbocycles. The minimum Gasteiger partial charge on any atom is -0.489 e. The highest BCUT2D eigenvalue weighted by Gasteiger charge is 2.05. The Bertz CT molecular complexity index is 573. The van der Waals surface area contributed by atoms with Crippen LogP contribution in [0.3, 0.4) is 0 Å². The Kier molecular flexibility index (Phi) is 4.04. The molecule has 18 heavy (non-hydrogen) atoms. The smallest absolute Gasteiger partial charge is 0.145 e. The molecular formula is C13H8Cl2F2O. The van der Waals surface area contributed by atoms with Crippen LogP contribution in [0.1, 0.15) is 5.56 Å². The van der Waals surface area contributed by atoms with E-state index in [2.05, 4.69) is 0 Å². The second kappa shape index (κ2) is 5.55. The van der Waals surface area contributed by atoms with Crippen LogP contribution in [-0.2, 0) is 6.61 Å². The fourth-order valence-corrected chi connectivity index (χ4v) is 1.64. The van der Waals surface area contributed by atoms with Crippen LogP contribution in [0.15, 0.2) is 36.4 Å². The molecule has 2 rings (SSSR count). The van der Waals surface area contributed by atoms with Crippen molar-refractivity contribution in [2.24, 2.45) is 0 Å². The molecule has 0 aliphatic rings. The van der Waals surface area contributed by atoms with Gasteiger partial charge in [0.25, 0.3) is 0 Å². The second-order valence-electron chi connectivity index (χ2n) is 3.60. The average Bonchev–Trinajstić information content (AvgIpc) is 2.32. The molecule has 0 heterocycles. The number of benzene rings is 2. The molecule has 2 aromatic rings. The van der Waals surface area contributed by atoms with Gasteiger partial charge in [0.2, 0.25) is 0 Å². The van der Waals surface area contributed by atoms with Crippen molar-refractivity contribution in [1.82, 2.24) is 0 Å². The van der Waals surface area contributed by atoms with Gasteiger partial charge in [-0.3, -0.25) is 0 Å². The highest BCUT2D eigenvalue weighted by atomic mass is 35.5. The van der Waals surface area contributed by atoms with Gasteiger partial charge in [-0.05, 0) is 24.3 Å². The monoisotopic (exact) mass is 288 g/mol. The molecule has 94 valence electrons. The molecule has 0 aliphatic carbocycles. The summed E-state index contributed by atoms with van der Waals surface area (Å²) in [6.07, 6.45) is 0. The van der Waals surface area contributed by atoms with E-state index in [0.29, 0.717) is 10.6 Å². The predicted molar refractivity (Wildman–Crippen MR) is 67.2 cm³/mol. The summed E-state index contributed by atoms with van der Waals surface area (Å²) in [4.78, 5) is 0. The molecule has 0 saturated heterocycles. The maximum absolute atomic E-state index is 13.4. The summed E-state index contributed by atoms with van der Waals surface area (Å²) in [7, 11) is 0. The van der Waals surface area contributed by atoms with Gasteiger partial charge in [0.1, 0.15) is 24.0 Å². The minimum atomic E-state index is -0.578. The van der Waals surface area contributed by atoms with Crippen LogP contribution in [0.25, 0.3) is 0 Å². The summed E-state index contributed by atoms with van der Waals surface area (Å²) in [5.41, 5.74) is 0.342. The molecule has 0 spiro atoms. The topological polar surface area (TPSA) is 9.23 Å². The average molecular weight is 289 g/mol. The van der Waals surface area contributed by atoms with Gasteiger partial charge >= 0.3 is 0 Å². The van der Waals surface area contributed by atoms with Crippen LogP contribution in [0.5, 0.6) is 5.75 Å². The van der Waals surface area contributed by atoms with Gasteiger partial charge in [0.05, 0.1) is 5.02 Å². The lowest BCUT2D eigenvalue weighted by atomic mass is 10.2. The van der Waals surface area contributed by atoms with Crippen molar-refractivity contribution in [2.75, 3.05) is 0 Å². The molecule has 0 aliphatic heterocycles. The number of halogens is 4. The number of ether oxygens (including phenoxy) is 1. The van der Waals surface area contributed by atoms with E-state index in [0.717, 1.165) is 6.07 Å². The number of rotatable bonds is 3. The minimum absolute atomic E-state index is 0.00985. The molecule has 0 atom stereocenters. The summed E-state index contributed by atoms with van der Waals surface area (Å²) in [6.45, 7) is -0.00985. The first-order chi connectivity index (χ1) is 8.56. The highest BCUT2D eigenvalue weighted by molar-refractivity contribution is 6.30. The summed E-state index contributed by atoms with van der Waals surface area (Å²) in [5.74, 6) is -0.756. The summed E-state index contributed by atoms with van der Waals surface area (Å²) in [5, 5.41) is 0.328. The Balaban J connectivity index is 2.09. The number of hydrogen-bond acceptors (Lipinski definition) is 1. The molecule has 0 radical (unpaired) electrons. The van der Waals surface area contributed by atoms with Crippen molar-refractivity contribution < 1.29 is 13.5 Å². The first kappa shape index (κ1) is 13.1. The van der Waals surface area contributed by atoms with Crippen LogP contribution < -0.4 is 4.74 Å². The van der Waals surface area contributed by atoms with Crippen molar-refractivity contribution >= 4 is 23.2 Å². The van der Waals surface area contributed by atoms with Crippen molar-refractivity contribution in [3.05, 3.63) is 63.6 Å². The van der Waals surface area contributed by atoms with Gasteiger partial charge in [-0.2, -0.15) is 0 Å². The second-order valence-corrected chi connectivity index (χ2v) is 4.44. The predicted octanol–water partition coefficient (Wildman–Crippen LogP) is 4.85. The summed E-state index contributed by atoms with van der Waals surface area (Å²) in [6, 6.07) is 8.32. The zero-order valence-electron chi connectivity index (χ0n) is 9.09. The SMILES string of the molecule is Fc1cc(OCc2ccc(Cl)cc2F)ccc1Cl. The highest BCUT2D eigenvalue weighted by Crippen LogP contribution is 2.22. The molecule has 0 aromatic heterocycles. The molecule has 0 bridgehead atoms. The van der Waals surface area contributed by atoms with E-state index in [-0.39, 0.29) is 17.4 Å². The van der Waals surface area contributed by atoms with Crippen molar-refractivity contribution in [1.29, 1.82) is 0 Å². The Morgan fingerprint density at radius 1 is 0.944 bits per heavy atom. The maximum atomic E-state index is 13.4. The molecule has 0 saturated carbocycles. The van der Waals surface area contributed by atoms with Crippen molar-refractivity contribution in [2.45, 2.75) is 6.61 Å². The lowest BCUT2D eigenvalue weighted by Crippen LogP contribution is -1.98. The van der Waals surface area contributed by atoms with Crippen molar-refractivity contribution in [3.63, 3.8) is 0 Å².